The van der Waals surface area contributed by atoms with Gasteiger partial charge in [0, 0.05) is 30.4 Å². The Labute approximate surface area is 194 Å². The molecule has 0 unspecified atom stereocenters. The Morgan fingerprint density at radius 1 is 1.18 bits per heavy atom. The van der Waals surface area contributed by atoms with Crippen LogP contribution in [0.4, 0.5) is 0 Å². The molecule has 8 heteroatoms. The van der Waals surface area contributed by atoms with Gasteiger partial charge >= 0.3 is 0 Å². The molecule has 0 fully saturated rings. The van der Waals surface area contributed by atoms with Crippen molar-refractivity contribution in [1.82, 2.24) is 14.5 Å². The van der Waals surface area contributed by atoms with Crippen molar-refractivity contribution in [2.75, 3.05) is 6.61 Å². The van der Waals surface area contributed by atoms with Crippen LogP contribution < -0.4 is 9.46 Å². The zero-order valence-corrected chi connectivity index (χ0v) is 20.1. The molecule has 174 valence electrons. The van der Waals surface area contributed by atoms with Crippen LogP contribution in [-0.4, -0.2) is 35.5 Å². The van der Waals surface area contributed by atoms with Gasteiger partial charge in [-0.3, -0.25) is 9.48 Å². The van der Waals surface area contributed by atoms with Crippen LogP contribution in [0, 0.1) is 5.92 Å². The topological polar surface area (TPSA) is 90.3 Å². The number of nitrogens with zero attached hydrogens (tertiary/aromatic N) is 2. The summed E-state index contributed by atoms with van der Waals surface area (Å²) in [5.74, 6) is 0.515. The number of ether oxygens (including phenoxy) is 1. The molecular weight excluding hydrogens is 438 g/mol. The SMILES string of the molecule is Cn1nccc1C[C@H]1COc2cc(-c3ccccc3C(=O)NS(=O)(=O)C(C)(C)C)ccc2C1. The number of sulfonamides is 1. The standard InChI is InChI=1S/C25H29N3O4S/c1-25(2,3)33(30,31)27-24(29)22-8-6-5-7-21(22)18-9-10-19-13-17(16-32-23(19)15-18)14-20-11-12-26-28(20)4/h5-12,15,17H,13-14,16H2,1-4H3,(H,27,29)/t17-/m0/s1. The molecule has 1 aromatic heterocycles. The normalized spacial score (nSPS) is 16.1. The predicted molar refractivity (Wildman–Crippen MR) is 128 cm³/mol. The fraction of sp³-hybridized carbons (Fsp3) is 0.360. The maximum absolute atomic E-state index is 12.9. The van der Waals surface area contributed by atoms with Crippen LogP contribution in [0.25, 0.3) is 11.1 Å². The molecule has 1 N–H and O–H groups in total. The van der Waals surface area contributed by atoms with E-state index in [2.05, 4.69) is 9.82 Å². The van der Waals surface area contributed by atoms with Crippen molar-refractivity contribution >= 4 is 15.9 Å². The second-order valence-corrected chi connectivity index (χ2v) is 11.9. The monoisotopic (exact) mass is 467 g/mol. The molecule has 7 nitrogen and oxygen atoms in total. The highest BCUT2D eigenvalue weighted by molar-refractivity contribution is 7.91. The number of aryl methyl sites for hydroxylation is 1. The van der Waals surface area contributed by atoms with E-state index in [9.17, 15) is 13.2 Å². The largest absolute Gasteiger partial charge is 0.493 e. The van der Waals surface area contributed by atoms with E-state index in [1.54, 1.807) is 39.1 Å². The minimum Gasteiger partial charge on any atom is -0.493 e. The summed E-state index contributed by atoms with van der Waals surface area (Å²) in [5, 5.41) is 4.24. The maximum atomic E-state index is 12.9. The molecule has 0 saturated carbocycles. The second kappa shape index (κ2) is 8.67. The van der Waals surface area contributed by atoms with Gasteiger partial charge < -0.3 is 4.74 Å². The zero-order valence-electron chi connectivity index (χ0n) is 19.3. The summed E-state index contributed by atoms with van der Waals surface area (Å²) in [5.41, 5.74) is 4.05. The first-order chi connectivity index (χ1) is 15.5. The molecule has 3 aromatic rings. The van der Waals surface area contributed by atoms with Crippen molar-refractivity contribution in [1.29, 1.82) is 0 Å². The predicted octanol–water partition coefficient (Wildman–Crippen LogP) is 3.74. The van der Waals surface area contributed by atoms with Gasteiger partial charge in [0.25, 0.3) is 5.91 Å². The minimum atomic E-state index is -3.82. The summed E-state index contributed by atoms with van der Waals surface area (Å²) in [6.07, 6.45) is 3.59. The molecule has 0 saturated heterocycles. The Hall–Kier alpha value is -3.13. The molecule has 0 bridgehead atoms. The molecule has 2 heterocycles. The van der Waals surface area contributed by atoms with E-state index in [0.29, 0.717) is 23.7 Å². The van der Waals surface area contributed by atoms with Crippen molar-refractivity contribution in [3.8, 4) is 16.9 Å². The van der Waals surface area contributed by atoms with Crippen LogP contribution in [-0.2, 0) is 29.9 Å². The quantitative estimate of drug-likeness (QED) is 0.617. The van der Waals surface area contributed by atoms with Gasteiger partial charge in [0.15, 0.2) is 0 Å². The van der Waals surface area contributed by atoms with Crippen LogP contribution in [0.5, 0.6) is 5.75 Å². The number of benzene rings is 2. The van der Waals surface area contributed by atoms with Gasteiger partial charge in [-0.15, -0.1) is 0 Å². The van der Waals surface area contributed by atoms with E-state index >= 15 is 0 Å². The molecule has 2 aromatic carbocycles. The van der Waals surface area contributed by atoms with Crippen LogP contribution in [0.1, 0.15) is 42.4 Å². The van der Waals surface area contributed by atoms with E-state index in [-0.39, 0.29) is 0 Å². The van der Waals surface area contributed by atoms with Crippen molar-refractivity contribution in [2.24, 2.45) is 13.0 Å². The fourth-order valence-corrected chi connectivity index (χ4v) is 4.55. The first-order valence-electron chi connectivity index (χ1n) is 10.9. The number of aromatic nitrogens is 2. The zero-order chi connectivity index (χ0) is 23.8. The molecule has 1 amide bonds. The summed E-state index contributed by atoms with van der Waals surface area (Å²) in [4.78, 5) is 12.9. The van der Waals surface area contributed by atoms with Gasteiger partial charge in [-0.2, -0.15) is 5.10 Å². The van der Waals surface area contributed by atoms with Gasteiger partial charge in [0.2, 0.25) is 10.0 Å². The second-order valence-electron chi connectivity index (χ2n) is 9.45. The highest BCUT2D eigenvalue weighted by atomic mass is 32.2. The molecule has 0 spiro atoms. The first kappa shape index (κ1) is 23.0. The Morgan fingerprint density at radius 2 is 1.94 bits per heavy atom. The summed E-state index contributed by atoms with van der Waals surface area (Å²) in [6.45, 7) is 5.26. The Balaban J connectivity index is 1.57. The molecule has 1 aliphatic rings. The van der Waals surface area contributed by atoms with Crippen molar-refractivity contribution in [2.45, 2.75) is 38.4 Å². The van der Waals surface area contributed by atoms with Crippen LogP contribution in [0.15, 0.2) is 54.7 Å². The molecule has 33 heavy (non-hydrogen) atoms. The van der Waals surface area contributed by atoms with Gasteiger partial charge in [-0.1, -0.05) is 30.3 Å². The smallest absolute Gasteiger partial charge is 0.265 e. The molecule has 0 radical (unpaired) electrons. The highest BCUT2D eigenvalue weighted by Gasteiger charge is 2.31. The molecule has 0 aliphatic carbocycles. The van der Waals surface area contributed by atoms with Crippen LogP contribution in [0.3, 0.4) is 0 Å². The lowest BCUT2D eigenvalue weighted by Gasteiger charge is -2.26. The first-order valence-corrected chi connectivity index (χ1v) is 12.4. The number of nitrogens with one attached hydrogen (secondary N) is 1. The van der Waals surface area contributed by atoms with Gasteiger partial charge in [0.05, 0.1) is 11.4 Å². The van der Waals surface area contributed by atoms with E-state index in [1.165, 1.54) is 5.69 Å². The number of hydrogen-bond acceptors (Lipinski definition) is 5. The number of rotatable bonds is 5. The van der Waals surface area contributed by atoms with Gasteiger partial charge in [0.1, 0.15) is 5.75 Å². The average molecular weight is 468 g/mol. The molecular formula is C25H29N3O4S. The average Bonchev–Trinajstić information content (AvgIpc) is 3.16. The van der Waals surface area contributed by atoms with Crippen LogP contribution in [0.2, 0.25) is 0 Å². The summed E-state index contributed by atoms with van der Waals surface area (Å²) >= 11 is 0. The third-order valence-corrected chi connectivity index (χ3v) is 8.05. The lowest BCUT2D eigenvalue weighted by Crippen LogP contribution is -2.42. The lowest BCUT2D eigenvalue weighted by atomic mass is 9.90. The van der Waals surface area contributed by atoms with Crippen molar-refractivity contribution in [3.05, 3.63) is 71.5 Å². The number of fused-ring (bicyclic) bond motifs is 1. The number of carbonyl (C=O) groups is 1. The molecule has 1 aliphatic heterocycles. The van der Waals surface area contributed by atoms with E-state index in [0.717, 1.165) is 29.7 Å². The molecule has 1 atom stereocenters. The van der Waals surface area contributed by atoms with Crippen LogP contribution >= 0.6 is 0 Å². The summed E-state index contributed by atoms with van der Waals surface area (Å²) < 4.78 is 34.1. The highest BCUT2D eigenvalue weighted by Crippen LogP contribution is 2.34. The fourth-order valence-electron chi connectivity index (χ4n) is 3.89. The Morgan fingerprint density at radius 3 is 2.64 bits per heavy atom. The summed E-state index contributed by atoms with van der Waals surface area (Å²) in [7, 11) is -1.88. The van der Waals surface area contributed by atoms with Gasteiger partial charge in [-0.25, -0.2) is 13.1 Å². The Bertz CT molecular complexity index is 1290. The lowest BCUT2D eigenvalue weighted by molar-refractivity contribution is 0.0981. The number of hydrogen-bond donors (Lipinski definition) is 1. The third kappa shape index (κ3) is 4.80. The number of carbonyl (C=O) groups excluding carboxylic acids is 1. The van der Waals surface area contributed by atoms with Crippen molar-refractivity contribution in [3.63, 3.8) is 0 Å². The maximum Gasteiger partial charge on any atom is 0.265 e. The third-order valence-electron chi connectivity index (χ3n) is 5.99. The summed E-state index contributed by atoms with van der Waals surface area (Å²) in [6, 6.07) is 14.9. The molecule has 4 rings (SSSR count). The van der Waals surface area contributed by atoms with E-state index < -0.39 is 20.7 Å². The van der Waals surface area contributed by atoms with Crippen molar-refractivity contribution < 1.29 is 17.9 Å². The van der Waals surface area contributed by atoms with E-state index in [1.807, 2.05) is 48.1 Å². The van der Waals surface area contributed by atoms with Gasteiger partial charge in [-0.05, 0) is 68.5 Å². The minimum absolute atomic E-state index is 0.301. The Kier molecular flexibility index (Phi) is 6.05. The van der Waals surface area contributed by atoms with E-state index in [4.69, 9.17) is 4.74 Å². The number of amides is 1.